The smallest absolute Gasteiger partial charge is 0.0459 e. The predicted octanol–water partition coefficient (Wildman–Crippen LogP) is 3.88. The summed E-state index contributed by atoms with van der Waals surface area (Å²) < 4.78 is 4.69. The number of ether oxygens (including phenoxy) is 1. The molecule has 72 valence electrons. The molecule has 0 aromatic heterocycles. The first-order valence-corrected chi connectivity index (χ1v) is 4.73. The van der Waals surface area contributed by atoms with Crippen molar-refractivity contribution in [2.75, 3.05) is 13.7 Å². The van der Waals surface area contributed by atoms with Gasteiger partial charge in [0.2, 0.25) is 0 Å². The van der Waals surface area contributed by atoms with Gasteiger partial charge in [0.15, 0.2) is 0 Å². The van der Waals surface area contributed by atoms with Crippen molar-refractivity contribution in [1.82, 2.24) is 0 Å². The third kappa shape index (κ3) is 164. The molecule has 0 aliphatic heterocycles. The first-order chi connectivity index (χ1) is 5.24. The van der Waals surface area contributed by atoms with Crippen LogP contribution in [0, 0.1) is 0 Å². The Kier molecular flexibility index (Phi) is 50.7. The second-order valence-corrected chi connectivity index (χ2v) is 2.41. The van der Waals surface area contributed by atoms with E-state index >= 15 is 0 Å². The molecule has 0 saturated carbocycles. The molecule has 0 fully saturated rings. The number of methoxy groups -OCH3 is 1. The van der Waals surface area contributed by atoms with Crippen LogP contribution in [0.1, 0.15) is 53.9 Å². The van der Waals surface area contributed by atoms with Crippen LogP contribution >= 0.6 is 0 Å². The highest BCUT2D eigenvalue weighted by Gasteiger charge is 1.66. The van der Waals surface area contributed by atoms with E-state index < -0.39 is 0 Å². The van der Waals surface area contributed by atoms with Crippen LogP contribution in [0.15, 0.2) is 0 Å². The lowest BCUT2D eigenvalue weighted by Crippen LogP contribution is -1.80. The van der Waals surface area contributed by atoms with E-state index in [0.717, 1.165) is 13.0 Å². The zero-order chi connectivity index (χ0) is 9.54. The highest BCUT2D eigenvalue weighted by molar-refractivity contribution is 4.15. The third-order valence-electron chi connectivity index (χ3n) is 0.408. The largest absolute Gasteiger partial charge is 0.385 e. The molecule has 0 amide bonds. The van der Waals surface area contributed by atoms with Crippen molar-refractivity contribution < 1.29 is 4.74 Å². The molecule has 0 aromatic carbocycles. The Morgan fingerprint density at radius 1 is 0.818 bits per heavy atom. The maximum absolute atomic E-state index is 4.69. The second kappa shape index (κ2) is 32.5. The number of rotatable bonds is 2. The Labute approximate surface area is 73.1 Å². The zero-order valence-electron chi connectivity index (χ0n) is 9.24. The standard InChI is InChI=1S/C4H10O.2C3H8/c1-3-4-5-2;2*1-3-2/h3-4H2,1-2H3;2*3H2,1-2H3. The molecule has 0 bridgehead atoms. The van der Waals surface area contributed by atoms with Gasteiger partial charge in [0.1, 0.15) is 0 Å². The molecule has 0 heterocycles. The maximum atomic E-state index is 4.69. The Hall–Kier alpha value is -0.0400. The van der Waals surface area contributed by atoms with E-state index in [1.54, 1.807) is 7.11 Å². The molecule has 0 radical (unpaired) electrons. The molecule has 0 unspecified atom stereocenters. The lowest BCUT2D eigenvalue weighted by molar-refractivity contribution is 0.199. The highest BCUT2D eigenvalue weighted by Crippen LogP contribution is 1.70. The van der Waals surface area contributed by atoms with Gasteiger partial charge in [-0.3, -0.25) is 0 Å². The average molecular weight is 162 g/mol. The summed E-state index contributed by atoms with van der Waals surface area (Å²) in [5, 5.41) is 0. The summed E-state index contributed by atoms with van der Waals surface area (Å²) in [7, 11) is 1.71. The van der Waals surface area contributed by atoms with E-state index in [2.05, 4.69) is 34.6 Å². The van der Waals surface area contributed by atoms with Gasteiger partial charge in [0.05, 0.1) is 0 Å². The van der Waals surface area contributed by atoms with Crippen molar-refractivity contribution in [2.24, 2.45) is 0 Å². The highest BCUT2D eigenvalue weighted by atomic mass is 16.5. The quantitative estimate of drug-likeness (QED) is 0.599. The fourth-order valence-electron chi connectivity index (χ4n) is 0.204. The monoisotopic (exact) mass is 162 g/mol. The van der Waals surface area contributed by atoms with Gasteiger partial charge in [-0.1, -0.05) is 47.5 Å². The van der Waals surface area contributed by atoms with Gasteiger partial charge in [0, 0.05) is 13.7 Å². The van der Waals surface area contributed by atoms with Gasteiger partial charge in [-0.25, -0.2) is 0 Å². The lowest BCUT2D eigenvalue weighted by atomic mass is 10.5. The van der Waals surface area contributed by atoms with Gasteiger partial charge < -0.3 is 4.74 Å². The normalized spacial score (nSPS) is 7.09. The maximum Gasteiger partial charge on any atom is 0.0459 e. The second-order valence-electron chi connectivity index (χ2n) is 2.41. The van der Waals surface area contributed by atoms with Crippen LogP contribution in [-0.2, 0) is 4.74 Å². The number of hydrogen-bond acceptors (Lipinski definition) is 1. The van der Waals surface area contributed by atoms with Crippen molar-refractivity contribution in [3.05, 3.63) is 0 Å². The Morgan fingerprint density at radius 2 is 1.09 bits per heavy atom. The molecule has 0 aromatic rings. The van der Waals surface area contributed by atoms with Crippen LogP contribution in [0.5, 0.6) is 0 Å². The summed E-state index contributed by atoms with van der Waals surface area (Å²) in [4.78, 5) is 0. The van der Waals surface area contributed by atoms with Crippen molar-refractivity contribution in [3.8, 4) is 0 Å². The van der Waals surface area contributed by atoms with Crippen molar-refractivity contribution >= 4 is 0 Å². The van der Waals surface area contributed by atoms with Gasteiger partial charge in [-0.05, 0) is 6.42 Å². The minimum atomic E-state index is 0.889. The molecule has 0 N–H and O–H groups in total. The average Bonchev–Trinajstić information content (AvgIpc) is 1.92. The molecule has 0 spiro atoms. The van der Waals surface area contributed by atoms with E-state index in [4.69, 9.17) is 4.74 Å². The van der Waals surface area contributed by atoms with E-state index in [0.29, 0.717) is 0 Å². The predicted molar refractivity (Wildman–Crippen MR) is 54.1 cm³/mol. The van der Waals surface area contributed by atoms with Crippen molar-refractivity contribution in [2.45, 2.75) is 53.9 Å². The fraction of sp³-hybridized carbons (Fsp3) is 1.00. The fourth-order valence-corrected chi connectivity index (χ4v) is 0.204. The first kappa shape index (κ1) is 17.2. The van der Waals surface area contributed by atoms with Gasteiger partial charge in [-0.2, -0.15) is 0 Å². The minimum absolute atomic E-state index is 0.889. The molecule has 1 heteroatoms. The van der Waals surface area contributed by atoms with E-state index in [-0.39, 0.29) is 0 Å². The molecule has 0 atom stereocenters. The van der Waals surface area contributed by atoms with Crippen LogP contribution in [0.4, 0.5) is 0 Å². The SMILES string of the molecule is CCC.CCC.CCCOC. The van der Waals surface area contributed by atoms with E-state index in [9.17, 15) is 0 Å². The third-order valence-corrected chi connectivity index (χ3v) is 0.408. The van der Waals surface area contributed by atoms with E-state index in [1.165, 1.54) is 12.8 Å². The zero-order valence-corrected chi connectivity index (χ0v) is 9.24. The molecular weight excluding hydrogens is 136 g/mol. The summed E-state index contributed by atoms with van der Waals surface area (Å²) in [5.41, 5.74) is 0. The van der Waals surface area contributed by atoms with Crippen LogP contribution in [0.3, 0.4) is 0 Å². The van der Waals surface area contributed by atoms with Crippen LogP contribution in [0.25, 0.3) is 0 Å². The first-order valence-electron chi connectivity index (χ1n) is 4.73. The number of hydrogen-bond donors (Lipinski definition) is 0. The van der Waals surface area contributed by atoms with Crippen molar-refractivity contribution in [1.29, 1.82) is 0 Å². The van der Waals surface area contributed by atoms with Gasteiger partial charge >= 0.3 is 0 Å². The summed E-state index contributed by atoms with van der Waals surface area (Å²) in [5.74, 6) is 0. The molecule has 0 aliphatic carbocycles. The topological polar surface area (TPSA) is 9.23 Å². The van der Waals surface area contributed by atoms with Crippen LogP contribution < -0.4 is 0 Å². The summed E-state index contributed by atoms with van der Waals surface area (Å²) >= 11 is 0. The molecule has 0 aliphatic rings. The summed E-state index contributed by atoms with van der Waals surface area (Å²) in [6, 6.07) is 0. The van der Waals surface area contributed by atoms with Crippen LogP contribution in [-0.4, -0.2) is 13.7 Å². The minimum Gasteiger partial charge on any atom is -0.385 e. The molecule has 11 heavy (non-hydrogen) atoms. The lowest BCUT2D eigenvalue weighted by Gasteiger charge is -1.84. The van der Waals surface area contributed by atoms with E-state index in [1.807, 2.05) is 0 Å². The van der Waals surface area contributed by atoms with Crippen LogP contribution in [0.2, 0.25) is 0 Å². The Bertz CT molecular complexity index is 24.1. The van der Waals surface area contributed by atoms with Gasteiger partial charge in [0.25, 0.3) is 0 Å². The van der Waals surface area contributed by atoms with Crippen molar-refractivity contribution in [3.63, 3.8) is 0 Å². The molecule has 0 saturated heterocycles. The molecular formula is C10H26O. The summed E-state index contributed by atoms with van der Waals surface area (Å²) in [6.45, 7) is 11.5. The van der Waals surface area contributed by atoms with Gasteiger partial charge in [-0.15, -0.1) is 0 Å². The Balaban J connectivity index is -0.0000000933. The summed E-state index contributed by atoms with van der Waals surface area (Å²) in [6.07, 6.45) is 3.62. The molecule has 1 nitrogen and oxygen atoms in total. The molecule has 0 rings (SSSR count). The Morgan fingerprint density at radius 3 is 1.09 bits per heavy atom.